The minimum atomic E-state index is -0.579. The zero-order chi connectivity index (χ0) is 12.2. The van der Waals surface area contributed by atoms with Gasteiger partial charge in [0.05, 0.1) is 5.60 Å². The Balaban J connectivity index is 2.51. The van der Waals surface area contributed by atoms with Gasteiger partial charge in [0.15, 0.2) is 0 Å². The van der Waals surface area contributed by atoms with Gasteiger partial charge in [-0.25, -0.2) is 0 Å². The second-order valence-electron chi connectivity index (χ2n) is 5.31. The van der Waals surface area contributed by atoms with Gasteiger partial charge in [0.2, 0.25) is 0 Å². The van der Waals surface area contributed by atoms with Crippen molar-refractivity contribution in [2.45, 2.75) is 51.7 Å². The molecule has 0 spiro atoms. The first-order valence-corrected chi connectivity index (χ1v) is 5.92. The number of benzene rings is 1. The standard InChI is InChI=1S/C14H23NO/c1-11(15)10-13-6-4-12(5-7-13)8-9-14(2,3)16/h4-7,11,16H,8-10,15H2,1-3H3. The monoisotopic (exact) mass is 221 g/mol. The van der Waals surface area contributed by atoms with Crippen LogP contribution in [-0.2, 0) is 12.8 Å². The van der Waals surface area contributed by atoms with Gasteiger partial charge in [-0.3, -0.25) is 0 Å². The molecule has 16 heavy (non-hydrogen) atoms. The number of aliphatic hydroxyl groups is 1. The molecule has 0 fully saturated rings. The maximum absolute atomic E-state index is 9.64. The SMILES string of the molecule is CC(N)Cc1ccc(CCC(C)(C)O)cc1. The number of hydrogen-bond donors (Lipinski definition) is 2. The fourth-order valence-corrected chi connectivity index (χ4v) is 1.66. The quantitative estimate of drug-likeness (QED) is 0.801. The van der Waals surface area contributed by atoms with Crippen molar-refractivity contribution >= 4 is 0 Å². The lowest BCUT2D eigenvalue weighted by Gasteiger charge is -2.16. The Hall–Kier alpha value is -0.860. The largest absolute Gasteiger partial charge is 0.390 e. The lowest BCUT2D eigenvalue weighted by Crippen LogP contribution is -2.19. The van der Waals surface area contributed by atoms with Crippen LogP contribution in [-0.4, -0.2) is 16.7 Å². The number of hydrogen-bond acceptors (Lipinski definition) is 2. The predicted octanol–water partition coefficient (Wildman–Crippen LogP) is 2.28. The van der Waals surface area contributed by atoms with Gasteiger partial charge in [-0.1, -0.05) is 24.3 Å². The van der Waals surface area contributed by atoms with Crippen LogP contribution in [0.2, 0.25) is 0 Å². The first kappa shape index (κ1) is 13.2. The predicted molar refractivity (Wildman–Crippen MR) is 68.4 cm³/mol. The minimum absolute atomic E-state index is 0.210. The summed E-state index contributed by atoms with van der Waals surface area (Å²) in [5.41, 5.74) is 7.72. The highest BCUT2D eigenvalue weighted by Crippen LogP contribution is 2.14. The van der Waals surface area contributed by atoms with Crippen LogP contribution in [0.1, 0.15) is 38.3 Å². The van der Waals surface area contributed by atoms with E-state index in [-0.39, 0.29) is 6.04 Å². The molecule has 0 radical (unpaired) electrons. The molecule has 1 aromatic rings. The Kier molecular flexibility index (Phi) is 4.51. The summed E-state index contributed by atoms with van der Waals surface area (Å²) >= 11 is 0. The number of aryl methyl sites for hydroxylation is 1. The summed E-state index contributed by atoms with van der Waals surface area (Å²) in [5.74, 6) is 0. The minimum Gasteiger partial charge on any atom is -0.390 e. The molecule has 0 aliphatic rings. The van der Waals surface area contributed by atoms with E-state index in [1.54, 1.807) is 0 Å². The summed E-state index contributed by atoms with van der Waals surface area (Å²) in [5, 5.41) is 9.64. The summed E-state index contributed by atoms with van der Waals surface area (Å²) in [6.45, 7) is 5.71. The van der Waals surface area contributed by atoms with Gasteiger partial charge < -0.3 is 10.8 Å². The second-order valence-corrected chi connectivity index (χ2v) is 5.31. The van der Waals surface area contributed by atoms with Crippen molar-refractivity contribution in [3.05, 3.63) is 35.4 Å². The highest BCUT2D eigenvalue weighted by molar-refractivity contribution is 5.23. The van der Waals surface area contributed by atoms with E-state index in [4.69, 9.17) is 5.73 Å². The Bertz CT molecular complexity index is 309. The molecule has 0 heterocycles. The molecule has 0 amide bonds. The normalized spacial score (nSPS) is 13.8. The number of nitrogens with two attached hydrogens (primary N) is 1. The van der Waals surface area contributed by atoms with Crippen molar-refractivity contribution in [1.82, 2.24) is 0 Å². The fourth-order valence-electron chi connectivity index (χ4n) is 1.66. The second kappa shape index (κ2) is 5.46. The Labute approximate surface area is 98.5 Å². The Morgan fingerprint density at radius 2 is 1.69 bits per heavy atom. The van der Waals surface area contributed by atoms with Crippen LogP contribution >= 0.6 is 0 Å². The van der Waals surface area contributed by atoms with Crippen molar-refractivity contribution in [1.29, 1.82) is 0 Å². The zero-order valence-corrected chi connectivity index (χ0v) is 10.5. The van der Waals surface area contributed by atoms with E-state index in [1.165, 1.54) is 11.1 Å². The molecule has 1 atom stereocenters. The molecule has 0 aliphatic carbocycles. The molecule has 0 aromatic heterocycles. The van der Waals surface area contributed by atoms with Gasteiger partial charge in [-0.05, 0) is 51.2 Å². The smallest absolute Gasteiger partial charge is 0.0594 e. The van der Waals surface area contributed by atoms with Crippen LogP contribution in [0.3, 0.4) is 0 Å². The summed E-state index contributed by atoms with van der Waals surface area (Å²) in [7, 11) is 0. The Morgan fingerprint density at radius 1 is 1.19 bits per heavy atom. The highest BCUT2D eigenvalue weighted by atomic mass is 16.3. The van der Waals surface area contributed by atoms with Gasteiger partial charge >= 0.3 is 0 Å². The lowest BCUT2D eigenvalue weighted by atomic mass is 9.97. The topological polar surface area (TPSA) is 46.2 Å². The van der Waals surface area contributed by atoms with Gasteiger partial charge in [-0.15, -0.1) is 0 Å². The van der Waals surface area contributed by atoms with Gasteiger partial charge in [-0.2, -0.15) is 0 Å². The third kappa shape index (κ3) is 5.29. The molecule has 2 heteroatoms. The van der Waals surface area contributed by atoms with Crippen molar-refractivity contribution in [2.75, 3.05) is 0 Å². The first-order chi connectivity index (χ1) is 7.37. The molecule has 0 saturated heterocycles. The van der Waals surface area contributed by atoms with E-state index in [0.29, 0.717) is 0 Å². The molecular formula is C14H23NO. The van der Waals surface area contributed by atoms with E-state index < -0.39 is 5.60 Å². The molecular weight excluding hydrogens is 198 g/mol. The fraction of sp³-hybridized carbons (Fsp3) is 0.571. The third-order valence-electron chi connectivity index (χ3n) is 2.61. The van der Waals surface area contributed by atoms with Crippen LogP contribution in [0.25, 0.3) is 0 Å². The molecule has 0 saturated carbocycles. The average Bonchev–Trinajstić information content (AvgIpc) is 2.14. The van der Waals surface area contributed by atoms with E-state index in [0.717, 1.165) is 19.3 Å². The van der Waals surface area contributed by atoms with Crippen LogP contribution < -0.4 is 5.73 Å². The van der Waals surface area contributed by atoms with Crippen LogP contribution in [0, 0.1) is 0 Å². The molecule has 90 valence electrons. The average molecular weight is 221 g/mol. The molecule has 0 bridgehead atoms. The zero-order valence-electron chi connectivity index (χ0n) is 10.5. The molecule has 1 unspecified atom stereocenters. The van der Waals surface area contributed by atoms with Crippen molar-refractivity contribution < 1.29 is 5.11 Å². The molecule has 2 nitrogen and oxygen atoms in total. The van der Waals surface area contributed by atoms with Crippen LogP contribution in [0.5, 0.6) is 0 Å². The third-order valence-corrected chi connectivity index (χ3v) is 2.61. The Morgan fingerprint density at radius 3 is 2.12 bits per heavy atom. The van der Waals surface area contributed by atoms with E-state index in [9.17, 15) is 5.11 Å². The van der Waals surface area contributed by atoms with Gasteiger partial charge in [0, 0.05) is 6.04 Å². The van der Waals surface area contributed by atoms with Crippen LogP contribution in [0.15, 0.2) is 24.3 Å². The summed E-state index contributed by atoms with van der Waals surface area (Å²) in [6.07, 6.45) is 2.63. The molecule has 1 rings (SSSR count). The molecule has 1 aromatic carbocycles. The van der Waals surface area contributed by atoms with E-state index in [2.05, 4.69) is 24.3 Å². The van der Waals surface area contributed by atoms with Crippen LogP contribution in [0.4, 0.5) is 0 Å². The van der Waals surface area contributed by atoms with Crippen molar-refractivity contribution in [3.63, 3.8) is 0 Å². The van der Waals surface area contributed by atoms with Crippen molar-refractivity contribution in [3.8, 4) is 0 Å². The first-order valence-electron chi connectivity index (χ1n) is 5.92. The lowest BCUT2D eigenvalue weighted by molar-refractivity contribution is 0.0714. The summed E-state index contributed by atoms with van der Waals surface area (Å²) in [4.78, 5) is 0. The van der Waals surface area contributed by atoms with E-state index >= 15 is 0 Å². The molecule has 3 N–H and O–H groups in total. The summed E-state index contributed by atoms with van der Waals surface area (Å²) < 4.78 is 0. The highest BCUT2D eigenvalue weighted by Gasteiger charge is 2.11. The van der Waals surface area contributed by atoms with Gasteiger partial charge in [0.1, 0.15) is 0 Å². The maximum atomic E-state index is 9.64. The molecule has 0 aliphatic heterocycles. The van der Waals surface area contributed by atoms with Crippen molar-refractivity contribution in [2.24, 2.45) is 5.73 Å². The number of rotatable bonds is 5. The van der Waals surface area contributed by atoms with Gasteiger partial charge in [0.25, 0.3) is 0 Å². The summed E-state index contributed by atoms with van der Waals surface area (Å²) in [6, 6.07) is 8.72. The maximum Gasteiger partial charge on any atom is 0.0594 e. The van der Waals surface area contributed by atoms with E-state index in [1.807, 2.05) is 20.8 Å².